The first-order chi connectivity index (χ1) is 16.6. The van der Waals surface area contributed by atoms with Gasteiger partial charge in [0.05, 0.1) is 6.42 Å². The van der Waals surface area contributed by atoms with Gasteiger partial charge in [0.25, 0.3) is 0 Å². The summed E-state index contributed by atoms with van der Waals surface area (Å²) in [6.07, 6.45) is -6.72. The Labute approximate surface area is 199 Å². The number of benzene rings is 2. The molecule has 1 aliphatic heterocycles. The fraction of sp³-hybridized carbons (Fsp3) is 0.400. The van der Waals surface area contributed by atoms with Crippen molar-refractivity contribution in [3.63, 3.8) is 0 Å². The first-order valence-corrected chi connectivity index (χ1v) is 11.3. The Morgan fingerprint density at radius 2 is 1.60 bits per heavy atom. The van der Waals surface area contributed by atoms with Crippen LogP contribution >= 0.6 is 0 Å². The highest BCUT2D eigenvalue weighted by atomic mass is 19.4. The van der Waals surface area contributed by atoms with E-state index in [4.69, 9.17) is 9.84 Å². The van der Waals surface area contributed by atoms with Crippen molar-refractivity contribution < 1.29 is 37.4 Å². The third-order valence-electron chi connectivity index (χ3n) is 6.49. The summed E-state index contributed by atoms with van der Waals surface area (Å²) in [5, 5.41) is 10.5. The molecule has 2 aromatic carbocycles. The van der Waals surface area contributed by atoms with Crippen molar-refractivity contribution in [1.82, 2.24) is 10.2 Å². The Morgan fingerprint density at radius 1 is 1.03 bits per heavy atom. The van der Waals surface area contributed by atoms with Crippen LogP contribution in [-0.4, -0.2) is 59.9 Å². The number of hydrogen-bond acceptors (Lipinski definition) is 4. The zero-order chi connectivity index (χ0) is 25.2. The van der Waals surface area contributed by atoms with Crippen molar-refractivity contribution in [2.45, 2.75) is 37.4 Å². The molecule has 0 radical (unpaired) electrons. The Balaban J connectivity index is 1.33. The fourth-order valence-corrected chi connectivity index (χ4v) is 4.62. The highest BCUT2D eigenvalue weighted by molar-refractivity contribution is 5.80. The van der Waals surface area contributed by atoms with Crippen molar-refractivity contribution in [2.24, 2.45) is 5.92 Å². The average Bonchev–Trinajstić information content (AvgIpc) is 3.09. The number of carboxylic acid groups (broad SMARTS) is 1. The number of carboxylic acids is 1. The number of carbonyl (C=O) groups is 3. The molecular formula is C25H25F3N2O5. The zero-order valence-electron chi connectivity index (χ0n) is 18.8. The van der Waals surface area contributed by atoms with Crippen LogP contribution in [0.25, 0.3) is 11.1 Å². The molecule has 7 nitrogen and oxygen atoms in total. The second-order valence-corrected chi connectivity index (χ2v) is 8.87. The Hall–Kier alpha value is -3.56. The highest BCUT2D eigenvalue weighted by Gasteiger charge is 2.44. The summed E-state index contributed by atoms with van der Waals surface area (Å²) in [7, 11) is 0. The first-order valence-electron chi connectivity index (χ1n) is 11.3. The number of hydrogen-bond donors (Lipinski definition) is 2. The fourth-order valence-electron chi connectivity index (χ4n) is 4.62. The molecule has 0 saturated carbocycles. The summed E-state index contributed by atoms with van der Waals surface area (Å²) in [6.45, 7) is 0.277. The monoisotopic (exact) mass is 490 g/mol. The number of ether oxygens (including phenoxy) is 1. The zero-order valence-corrected chi connectivity index (χ0v) is 18.8. The van der Waals surface area contributed by atoms with E-state index in [2.05, 4.69) is 0 Å². The highest BCUT2D eigenvalue weighted by Crippen LogP contribution is 2.44. The predicted octanol–water partition coefficient (Wildman–Crippen LogP) is 4.17. The van der Waals surface area contributed by atoms with Gasteiger partial charge in [-0.05, 0) is 34.6 Å². The third kappa shape index (κ3) is 5.58. The number of aliphatic carboxylic acids is 1. The maximum Gasteiger partial charge on any atom is 0.409 e. The number of nitrogens with one attached hydrogen (secondary N) is 1. The second kappa shape index (κ2) is 9.97. The quantitative estimate of drug-likeness (QED) is 0.579. The molecule has 2 aliphatic rings. The van der Waals surface area contributed by atoms with Crippen LogP contribution in [0.5, 0.6) is 0 Å². The van der Waals surface area contributed by atoms with Crippen molar-refractivity contribution >= 4 is 18.0 Å². The van der Waals surface area contributed by atoms with Crippen molar-refractivity contribution in [3.05, 3.63) is 59.7 Å². The molecule has 4 rings (SSSR count). The average molecular weight is 490 g/mol. The van der Waals surface area contributed by atoms with Crippen LogP contribution in [0.2, 0.25) is 0 Å². The summed E-state index contributed by atoms with van der Waals surface area (Å²) >= 11 is 0. The predicted molar refractivity (Wildman–Crippen MR) is 120 cm³/mol. The smallest absolute Gasteiger partial charge is 0.409 e. The van der Waals surface area contributed by atoms with Gasteiger partial charge in [0.15, 0.2) is 0 Å². The van der Waals surface area contributed by atoms with Crippen molar-refractivity contribution in [1.29, 1.82) is 0 Å². The summed E-state index contributed by atoms with van der Waals surface area (Å²) < 4.78 is 45.8. The molecule has 0 spiro atoms. The molecule has 2 aromatic rings. The van der Waals surface area contributed by atoms with Gasteiger partial charge >= 0.3 is 18.2 Å². The minimum absolute atomic E-state index is 0.0468. The maximum absolute atomic E-state index is 13.5. The molecule has 1 fully saturated rings. The Bertz CT molecular complexity index is 1070. The molecule has 2 amide bonds. The molecule has 2 N–H and O–H groups in total. The van der Waals surface area contributed by atoms with E-state index in [1.165, 1.54) is 4.90 Å². The summed E-state index contributed by atoms with van der Waals surface area (Å²) in [4.78, 5) is 36.5. The Morgan fingerprint density at radius 3 is 2.14 bits per heavy atom. The number of likely N-dealkylation sites (tertiary alicyclic amines) is 1. The van der Waals surface area contributed by atoms with Crippen LogP contribution < -0.4 is 5.32 Å². The summed E-state index contributed by atoms with van der Waals surface area (Å²) in [5.41, 5.74) is 3.85. The number of nitrogens with zero attached hydrogens (tertiary/aromatic N) is 1. The van der Waals surface area contributed by atoms with Gasteiger partial charge < -0.3 is 20.1 Å². The minimum Gasteiger partial charge on any atom is -0.481 e. The molecule has 1 unspecified atom stereocenters. The lowest BCUT2D eigenvalue weighted by molar-refractivity contribution is -0.165. The van der Waals surface area contributed by atoms with E-state index in [1.807, 2.05) is 48.5 Å². The molecule has 1 aliphatic carbocycles. The van der Waals surface area contributed by atoms with Gasteiger partial charge in [-0.1, -0.05) is 48.5 Å². The third-order valence-corrected chi connectivity index (χ3v) is 6.49. The standard InChI is InChI=1S/C25H25F3N2O5/c26-25(27,28)21(11-22(31)30-12-15(13-30)9-10-23(32)33)29-24(34)35-14-20-18-7-3-1-5-16(18)17-6-2-4-8-19(17)20/h1-8,15,20-21H,9-14H2,(H,29,34)(H,32,33). The van der Waals surface area contributed by atoms with E-state index < -0.39 is 36.6 Å². The Kier molecular flexibility index (Phi) is 7.00. The SMILES string of the molecule is O=C(O)CCC1CN(C(=O)CC(NC(=O)OCC2c3ccccc3-c3ccccc32)C(F)(F)F)C1. The van der Waals surface area contributed by atoms with Crippen LogP contribution in [0, 0.1) is 5.92 Å². The van der Waals surface area contributed by atoms with E-state index in [-0.39, 0.29) is 38.0 Å². The second-order valence-electron chi connectivity index (χ2n) is 8.87. The van der Waals surface area contributed by atoms with Crippen LogP contribution in [0.3, 0.4) is 0 Å². The van der Waals surface area contributed by atoms with Gasteiger partial charge in [-0.2, -0.15) is 13.2 Å². The number of fused-ring (bicyclic) bond motifs is 3. The lowest BCUT2D eigenvalue weighted by Gasteiger charge is -2.40. The summed E-state index contributed by atoms with van der Waals surface area (Å²) in [5.74, 6) is -2.06. The van der Waals surface area contributed by atoms with Crippen LogP contribution in [-0.2, 0) is 14.3 Å². The van der Waals surface area contributed by atoms with Crippen molar-refractivity contribution in [2.75, 3.05) is 19.7 Å². The first kappa shape index (κ1) is 24.6. The largest absolute Gasteiger partial charge is 0.481 e. The lowest BCUT2D eigenvalue weighted by Crippen LogP contribution is -2.54. The molecule has 1 saturated heterocycles. The van der Waals surface area contributed by atoms with E-state index in [0.29, 0.717) is 6.42 Å². The van der Waals surface area contributed by atoms with Crippen LogP contribution in [0.1, 0.15) is 36.3 Å². The molecule has 10 heteroatoms. The molecule has 186 valence electrons. The van der Waals surface area contributed by atoms with Gasteiger partial charge in [0.2, 0.25) is 5.91 Å². The number of amides is 2. The maximum atomic E-state index is 13.5. The normalized spacial score (nSPS) is 16.1. The molecule has 1 heterocycles. The van der Waals surface area contributed by atoms with E-state index in [0.717, 1.165) is 22.3 Å². The van der Waals surface area contributed by atoms with Crippen molar-refractivity contribution in [3.8, 4) is 11.1 Å². The van der Waals surface area contributed by atoms with Gasteiger partial charge in [-0.15, -0.1) is 0 Å². The number of rotatable bonds is 8. The number of halogens is 3. The van der Waals surface area contributed by atoms with Gasteiger partial charge in [0.1, 0.15) is 12.6 Å². The van der Waals surface area contributed by atoms with E-state index in [9.17, 15) is 27.6 Å². The van der Waals surface area contributed by atoms with Crippen LogP contribution in [0.15, 0.2) is 48.5 Å². The van der Waals surface area contributed by atoms with Gasteiger partial charge in [-0.3, -0.25) is 9.59 Å². The summed E-state index contributed by atoms with van der Waals surface area (Å²) in [6, 6.07) is 12.8. The van der Waals surface area contributed by atoms with Crippen LogP contribution in [0.4, 0.5) is 18.0 Å². The minimum atomic E-state index is -4.84. The molecule has 1 atom stereocenters. The molecule has 35 heavy (non-hydrogen) atoms. The number of alkyl carbamates (subject to hydrolysis) is 1. The van der Waals surface area contributed by atoms with Gasteiger partial charge in [-0.25, -0.2) is 4.79 Å². The molecule has 0 bridgehead atoms. The topological polar surface area (TPSA) is 95.9 Å². The van der Waals surface area contributed by atoms with E-state index in [1.54, 1.807) is 5.32 Å². The molecular weight excluding hydrogens is 465 g/mol. The van der Waals surface area contributed by atoms with Gasteiger partial charge in [0, 0.05) is 25.4 Å². The van der Waals surface area contributed by atoms with E-state index >= 15 is 0 Å². The number of carbonyl (C=O) groups excluding carboxylic acids is 2. The lowest BCUT2D eigenvalue weighted by atomic mass is 9.94. The number of alkyl halides is 3. The molecule has 0 aromatic heterocycles.